The van der Waals surface area contributed by atoms with Crippen LogP contribution in [0.1, 0.15) is 32.4 Å². The molecule has 2 atom stereocenters. The number of nitrogens with zero attached hydrogens (tertiary/aromatic N) is 2. The van der Waals surface area contributed by atoms with Crippen LogP contribution in [0.3, 0.4) is 0 Å². The number of hydrogen-bond donors (Lipinski definition) is 2. The van der Waals surface area contributed by atoms with Gasteiger partial charge in [-0.2, -0.15) is 13.2 Å². The van der Waals surface area contributed by atoms with E-state index in [1.807, 2.05) is 32.0 Å². The quantitative estimate of drug-likeness (QED) is 0.717. The van der Waals surface area contributed by atoms with E-state index in [2.05, 4.69) is 28.4 Å². The number of ether oxygens (including phenoxy) is 1. The minimum Gasteiger partial charge on any atom is -0.475 e. The smallest absolute Gasteiger partial charge is 0.475 e. The maximum atomic E-state index is 13.0. The van der Waals surface area contributed by atoms with Gasteiger partial charge < -0.3 is 15.2 Å². The Morgan fingerprint density at radius 2 is 1.97 bits per heavy atom. The van der Waals surface area contributed by atoms with Gasteiger partial charge in [0.2, 0.25) is 5.91 Å². The van der Waals surface area contributed by atoms with Crippen molar-refractivity contribution in [2.45, 2.75) is 51.6 Å². The average molecular weight is 467 g/mol. The van der Waals surface area contributed by atoms with E-state index in [0.29, 0.717) is 6.61 Å². The van der Waals surface area contributed by atoms with E-state index in [9.17, 15) is 18.0 Å². The third-order valence-electron chi connectivity index (χ3n) is 5.85. The fraction of sp³-hybridized carbons (Fsp3) is 0.522. The van der Waals surface area contributed by atoms with Crippen molar-refractivity contribution in [3.63, 3.8) is 0 Å². The zero-order chi connectivity index (χ0) is 24.2. The first kappa shape index (κ1) is 24.9. The monoisotopic (exact) mass is 467 g/mol. The van der Waals surface area contributed by atoms with Crippen LogP contribution in [0.15, 0.2) is 36.4 Å². The number of pyridine rings is 1. The predicted octanol–water partition coefficient (Wildman–Crippen LogP) is 3.37. The highest BCUT2D eigenvalue weighted by Crippen LogP contribution is 2.41. The van der Waals surface area contributed by atoms with Crippen LogP contribution < -0.4 is 5.32 Å². The van der Waals surface area contributed by atoms with Crippen LogP contribution in [0.25, 0.3) is 10.9 Å². The van der Waals surface area contributed by atoms with Crippen molar-refractivity contribution in [1.82, 2.24) is 15.2 Å². The summed E-state index contributed by atoms with van der Waals surface area (Å²) in [4.78, 5) is 29.0. The first-order valence-electron chi connectivity index (χ1n) is 10.8. The molecule has 1 aromatic carbocycles. The number of carboxylic acid groups (broad SMARTS) is 1. The Morgan fingerprint density at radius 1 is 1.27 bits per heavy atom. The van der Waals surface area contributed by atoms with Gasteiger partial charge in [-0.3, -0.25) is 14.7 Å². The van der Waals surface area contributed by atoms with Crippen molar-refractivity contribution in [1.29, 1.82) is 0 Å². The zero-order valence-electron chi connectivity index (χ0n) is 18.6. The first-order chi connectivity index (χ1) is 15.5. The Balaban J connectivity index is 0.000000383. The number of alkyl halides is 3. The fourth-order valence-electron chi connectivity index (χ4n) is 4.32. The van der Waals surface area contributed by atoms with Gasteiger partial charge in [0.1, 0.15) is 0 Å². The number of likely N-dealkylation sites (tertiary alicyclic amines) is 1. The lowest BCUT2D eigenvalue weighted by Gasteiger charge is -2.42. The molecule has 0 bridgehead atoms. The van der Waals surface area contributed by atoms with E-state index in [0.717, 1.165) is 49.1 Å². The largest absolute Gasteiger partial charge is 0.490 e. The number of para-hydroxylation sites is 1. The normalized spacial score (nSPS) is 23.0. The van der Waals surface area contributed by atoms with Crippen LogP contribution in [-0.4, -0.2) is 64.9 Å². The van der Waals surface area contributed by atoms with Crippen LogP contribution >= 0.6 is 0 Å². The first-order valence-corrected chi connectivity index (χ1v) is 10.8. The maximum Gasteiger partial charge on any atom is 0.490 e. The van der Waals surface area contributed by atoms with Crippen LogP contribution in [0.2, 0.25) is 0 Å². The topological polar surface area (TPSA) is 91.8 Å². The van der Waals surface area contributed by atoms with E-state index in [1.54, 1.807) is 0 Å². The summed E-state index contributed by atoms with van der Waals surface area (Å²) in [5, 5.41) is 11.4. The molecule has 7 nitrogen and oxygen atoms in total. The number of aromatic nitrogens is 1. The van der Waals surface area contributed by atoms with Gasteiger partial charge >= 0.3 is 12.1 Å². The minimum atomic E-state index is -5.08. The summed E-state index contributed by atoms with van der Waals surface area (Å²) in [7, 11) is 0. The predicted molar refractivity (Wildman–Crippen MR) is 115 cm³/mol. The van der Waals surface area contributed by atoms with Crippen molar-refractivity contribution in [2.24, 2.45) is 5.41 Å². The van der Waals surface area contributed by atoms with Gasteiger partial charge in [0.05, 0.1) is 22.7 Å². The summed E-state index contributed by atoms with van der Waals surface area (Å²) >= 11 is 0. The van der Waals surface area contributed by atoms with E-state index < -0.39 is 17.6 Å². The number of benzene rings is 1. The van der Waals surface area contributed by atoms with Gasteiger partial charge in [0.15, 0.2) is 0 Å². The molecule has 3 heterocycles. The van der Waals surface area contributed by atoms with E-state index in [1.165, 1.54) is 0 Å². The molecule has 2 aromatic rings. The molecule has 180 valence electrons. The van der Waals surface area contributed by atoms with Gasteiger partial charge in [0, 0.05) is 37.7 Å². The highest BCUT2D eigenvalue weighted by atomic mass is 19.4. The second-order valence-electron chi connectivity index (χ2n) is 8.69. The molecule has 0 saturated carbocycles. The van der Waals surface area contributed by atoms with Gasteiger partial charge in [0.25, 0.3) is 0 Å². The number of aliphatic carboxylic acids is 1. The summed E-state index contributed by atoms with van der Waals surface area (Å²) in [5.74, 6) is -2.61. The number of carbonyl (C=O) groups is 2. The number of carbonyl (C=O) groups excluding carboxylic acids is 1. The zero-order valence-corrected chi connectivity index (χ0v) is 18.6. The van der Waals surface area contributed by atoms with Crippen LogP contribution in [0.4, 0.5) is 13.2 Å². The standard InChI is InChI=1S/C21H27N3O2.C2HF3O2/c1-15(2)22-20(25)21-10-12-26-19(21)9-11-24(14-21)13-17-8-7-16-5-3-4-6-18(16)23-17;3-2(4,5)1(6)7/h3-8,15,19H,9-14H2,1-2H3,(H,22,25);(H,6,7)/t19-,21-;/m1./s1. The lowest BCUT2D eigenvalue weighted by molar-refractivity contribution is -0.192. The second-order valence-corrected chi connectivity index (χ2v) is 8.69. The molecule has 2 N–H and O–H groups in total. The molecule has 2 aliphatic rings. The molecule has 1 amide bonds. The lowest BCUT2D eigenvalue weighted by atomic mass is 9.75. The molecule has 1 aromatic heterocycles. The Hall–Kier alpha value is -2.72. The molecular formula is C23H28F3N3O4. The molecule has 0 unspecified atom stereocenters. The third-order valence-corrected chi connectivity index (χ3v) is 5.85. The van der Waals surface area contributed by atoms with Crippen LogP contribution in [-0.2, 0) is 20.9 Å². The molecule has 10 heteroatoms. The number of hydrogen-bond acceptors (Lipinski definition) is 5. The number of nitrogens with one attached hydrogen (secondary N) is 1. The van der Waals surface area contributed by atoms with Gasteiger partial charge in [-0.1, -0.05) is 24.3 Å². The highest BCUT2D eigenvalue weighted by Gasteiger charge is 2.53. The lowest BCUT2D eigenvalue weighted by Crippen LogP contribution is -2.57. The molecule has 0 radical (unpaired) electrons. The molecule has 0 spiro atoms. The number of fused-ring (bicyclic) bond motifs is 2. The van der Waals surface area contributed by atoms with Crippen molar-refractivity contribution in [3.8, 4) is 0 Å². The van der Waals surface area contributed by atoms with E-state index >= 15 is 0 Å². The molecule has 33 heavy (non-hydrogen) atoms. The van der Waals surface area contributed by atoms with E-state index in [-0.39, 0.29) is 18.1 Å². The van der Waals surface area contributed by atoms with Crippen molar-refractivity contribution in [3.05, 3.63) is 42.1 Å². The summed E-state index contributed by atoms with van der Waals surface area (Å²) in [6.07, 6.45) is -3.33. The van der Waals surface area contributed by atoms with Crippen molar-refractivity contribution < 1.29 is 32.6 Å². The van der Waals surface area contributed by atoms with Crippen LogP contribution in [0.5, 0.6) is 0 Å². The molecule has 4 rings (SSSR count). The van der Waals surface area contributed by atoms with Crippen molar-refractivity contribution >= 4 is 22.8 Å². The van der Waals surface area contributed by atoms with Crippen LogP contribution in [0, 0.1) is 5.41 Å². The number of halogens is 3. The van der Waals surface area contributed by atoms with Gasteiger partial charge in [-0.15, -0.1) is 0 Å². The molecule has 2 fully saturated rings. The number of amides is 1. The maximum absolute atomic E-state index is 13.0. The highest BCUT2D eigenvalue weighted by molar-refractivity contribution is 5.84. The molecule has 2 aliphatic heterocycles. The SMILES string of the molecule is CC(C)NC(=O)[C@@]12CCO[C@@H]1CCN(Cc1ccc3ccccc3n1)C2.O=C(O)C(F)(F)F. The Kier molecular flexibility index (Phi) is 7.58. The average Bonchev–Trinajstić information content (AvgIpc) is 3.17. The Morgan fingerprint density at radius 3 is 2.64 bits per heavy atom. The number of rotatable bonds is 4. The third kappa shape index (κ3) is 6.00. The van der Waals surface area contributed by atoms with Crippen molar-refractivity contribution in [2.75, 3.05) is 19.7 Å². The summed E-state index contributed by atoms with van der Waals surface area (Å²) < 4.78 is 37.7. The minimum absolute atomic E-state index is 0.0436. The van der Waals surface area contributed by atoms with Gasteiger partial charge in [-0.25, -0.2) is 4.79 Å². The number of piperidine rings is 1. The Bertz CT molecular complexity index is 998. The molecule has 0 aliphatic carbocycles. The summed E-state index contributed by atoms with van der Waals surface area (Å²) in [6.45, 7) is 7.16. The summed E-state index contributed by atoms with van der Waals surface area (Å²) in [6, 6.07) is 12.6. The molecule has 2 saturated heterocycles. The number of carboxylic acids is 1. The van der Waals surface area contributed by atoms with E-state index in [4.69, 9.17) is 19.6 Å². The van der Waals surface area contributed by atoms with Gasteiger partial charge in [-0.05, 0) is 38.8 Å². The fourth-order valence-corrected chi connectivity index (χ4v) is 4.32. The Labute approximate surface area is 189 Å². The molecular weight excluding hydrogens is 439 g/mol. The summed E-state index contributed by atoms with van der Waals surface area (Å²) in [5.41, 5.74) is 1.66. The second kappa shape index (κ2) is 10.0.